The Labute approximate surface area is 156 Å². The Hall–Kier alpha value is -1.63. The molecule has 6 aliphatic carbocycles. The molecule has 6 aliphatic rings. The number of ketones is 1. The van der Waals surface area contributed by atoms with Crippen LogP contribution in [-0.4, -0.2) is 5.78 Å². The van der Waals surface area contributed by atoms with Crippen molar-refractivity contribution in [3.63, 3.8) is 0 Å². The summed E-state index contributed by atoms with van der Waals surface area (Å²) in [6.45, 7) is 7.08. The van der Waals surface area contributed by atoms with E-state index in [2.05, 4.69) is 45.1 Å². The zero-order chi connectivity index (χ0) is 17.9. The van der Waals surface area contributed by atoms with Gasteiger partial charge in [-0.1, -0.05) is 54.9 Å². The van der Waals surface area contributed by atoms with E-state index < -0.39 is 0 Å². The number of fused-ring (bicyclic) bond motifs is 4. The van der Waals surface area contributed by atoms with Crippen LogP contribution in [0.15, 0.2) is 58.2 Å². The quantitative estimate of drug-likeness (QED) is 0.526. The first-order chi connectivity index (χ1) is 12.3. The first-order valence-corrected chi connectivity index (χ1v) is 10.4. The second-order valence-electron chi connectivity index (χ2n) is 10.3. The summed E-state index contributed by atoms with van der Waals surface area (Å²) in [6.07, 6.45) is 19.7. The van der Waals surface area contributed by atoms with E-state index in [1.807, 2.05) is 6.08 Å². The van der Waals surface area contributed by atoms with E-state index in [-0.39, 0.29) is 16.2 Å². The summed E-state index contributed by atoms with van der Waals surface area (Å²) in [7, 11) is 0. The van der Waals surface area contributed by atoms with Crippen molar-refractivity contribution in [1.82, 2.24) is 0 Å². The predicted molar refractivity (Wildman–Crippen MR) is 104 cm³/mol. The highest BCUT2D eigenvalue weighted by atomic mass is 16.1. The van der Waals surface area contributed by atoms with E-state index in [1.54, 1.807) is 16.7 Å². The Balaban J connectivity index is 1.57. The van der Waals surface area contributed by atoms with Crippen molar-refractivity contribution in [1.29, 1.82) is 0 Å². The zero-order valence-corrected chi connectivity index (χ0v) is 16.2. The van der Waals surface area contributed by atoms with Crippen molar-refractivity contribution in [3.8, 4) is 0 Å². The van der Waals surface area contributed by atoms with Gasteiger partial charge in [0, 0.05) is 10.8 Å². The Morgan fingerprint density at radius 3 is 2.62 bits per heavy atom. The highest BCUT2D eigenvalue weighted by Crippen LogP contribution is 2.74. The molecule has 2 spiro atoms. The number of rotatable bonds is 0. The van der Waals surface area contributed by atoms with Crippen molar-refractivity contribution in [2.75, 3.05) is 0 Å². The molecule has 0 saturated heterocycles. The lowest BCUT2D eigenvalue weighted by molar-refractivity contribution is -0.124. The van der Waals surface area contributed by atoms with E-state index in [0.29, 0.717) is 11.2 Å². The van der Waals surface area contributed by atoms with Crippen molar-refractivity contribution >= 4 is 5.78 Å². The summed E-state index contributed by atoms with van der Waals surface area (Å²) in [5, 5.41) is 0. The molecule has 0 heterocycles. The van der Waals surface area contributed by atoms with E-state index in [1.165, 1.54) is 30.4 Å². The summed E-state index contributed by atoms with van der Waals surface area (Å²) in [5.41, 5.74) is 8.26. The van der Waals surface area contributed by atoms with Gasteiger partial charge in [0.1, 0.15) is 0 Å². The minimum Gasteiger partial charge on any atom is -0.294 e. The number of allylic oxidation sites excluding steroid dienone is 10. The molecule has 1 nitrogen and oxygen atoms in total. The largest absolute Gasteiger partial charge is 0.294 e. The van der Waals surface area contributed by atoms with Gasteiger partial charge in [0.15, 0.2) is 5.78 Å². The van der Waals surface area contributed by atoms with Crippen LogP contribution in [0.3, 0.4) is 0 Å². The molecule has 0 aromatic heterocycles. The molecule has 26 heavy (non-hydrogen) atoms. The second-order valence-corrected chi connectivity index (χ2v) is 10.3. The van der Waals surface area contributed by atoms with Crippen molar-refractivity contribution in [2.45, 2.75) is 65.7 Å². The van der Waals surface area contributed by atoms with E-state index in [9.17, 15) is 4.79 Å². The maximum absolute atomic E-state index is 13.1. The van der Waals surface area contributed by atoms with Gasteiger partial charge in [-0.05, 0) is 74.5 Å². The van der Waals surface area contributed by atoms with Gasteiger partial charge in [-0.15, -0.1) is 0 Å². The Bertz CT molecular complexity index is 931. The summed E-state index contributed by atoms with van der Waals surface area (Å²) >= 11 is 0. The highest BCUT2D eigenvalue weighted by molar-refractivity contribution is 6.03. The molecular weight excluding hydrogens is 316 g/mol. The van der Waals surface area contributed by atoms with Crippen LogP contribution in [0.5, 0.6) is 0 Å². The third-order valence-electron chi connectivity index (χ3n) is 9.03. The number of hydrogen-bond donors (Lipinski definition) is 0. The Kier molecular flexibility index (Phi) is 2.53. The average Bonchev–Trinajstić information content (AvgIpc) is 3.25. The van der Waals surface area contributed by atoms with Crippen LogP contribution >= 0.6 is 0 Å². The molecule has 2 unspecified atom stereocenters. The SMILES string of the molecule is CC1=CCC2(C)C(=C1)C1(CC1)CC1=C2CCC23C(=O)C=C[C@]2(C)CC=C13. The van der Waals surface area contributed by atoms with Gasteiger partial charge in [-0.25, -0.2) is 0 Å². The molecule has 0 amide bonds. The van der Waals surface area contributed by atoms with Crippen molar-refractivity contribution in [3.05, 3.63) is 58.2 Å². The van der Waals surface area contributed by atoms with Gasteiger partial charge in [-0.3, -0.25) is 4.79 Å². The first kappa shape index (κ1) is 15.4. The minimum absolute atomic E-state index is 0.0226. The van der Waals surface area contributed by atoms with Gasteiger partial charge in [0.25, 0.3) is 0 Å². The predicted octanol–water partition coefficient (Wildman–Crippen LogP) is 6.01. The molecule has 0 N–H and O–H groups in total. The second kappa shape index (κ2) is 4.26. The van der Waals surface area contributed by atoms with E-state index in [0.717, 1.165) is 25.7 Å². The van der Waals surface area contributed by atoms with Crippen LogP contribution < -0.4 is 0 Å². The molecule has 0 aliphatic heterocycles. The number of carbonyl (C=O) groups excluding carboxylic acids is 1. The maximum Gasteiger partial charge on any atom is 0.166 e. The zero-order valence-electron chi connectivity index (χ0n) is 16.2. The first-order valence-electron chi connectivity index (χ1n) is 10.4. The third kappa shape index (κ3) is 1.47. The molecule has 1 fully saturated rings. The minimum atomic E-state index is -0.236. The molecule has 0 bridgehead atoms. The summed E-state index contributed by atoms with van der Waals surface area (Å²) in [4.78, 5) is 13.1. The molecule has 1 heteroatoms. The molecule has 3 atom stereocenters. The van der Waals surface area contributed by atoms with Crippen LogP contribution in [0.2, 0.25) is 0 Å². The van der Waals surface area contributed by atoms with Gasteiger partial charge in [-0.2, -0.15) is 0 Å². The fraction of sp³-hybridized carbons (Fsp3) is 0.560. The van der Waals surface area contributed by atoms with Gasteiger partial charge < -0.3 is 0 Å². The standard InChI is InChI=1S/C25H28O/c1-16-4-10-23(3)18-6-11-25-19(5-8-22(25,2)9-7-21(25)26)17(18)15-24(12-13-24)20(23)14-16/h4-5,7,9,14H,6,8,10-13,15H2,1-3H3/t22-,23?,25?/m0/s1. The average molecular weight is 344 g/mol. The van der Waals surface area contributed by atoms with Crippen LogP contribution in [-0.2, 0) is 4.79 Å². The molecule has 0 radical (unpaired) electrons. The topological polar surface area (TPSA) is 17.1 Å². The van der Waals surface area contributed by atoms with Crippen molar-refractivity contribution < 1.29 is 4.79 Å². The molecule has 0 aromatic carbocycles. The van der Waals surface area contributed by atoms with E-state index >= 15 is 0 Å². The van der Waals surface area contributed by atoms with Crippen LogP contribution in [0, 0.1) is 21.7 Å². The molecule has 0 aromatic rings. The van der Waals surface area contributed by atoms with Gasteiger partial charge >= 0.3 is 0 Å². The fourth-order valence-corrected chi connectivity index (χ4v) is 7.33. The Morgan fingerprint density at radius 2 is 1.85 bits per heavy atom. The highest BCUT2D eigenvalue weighted by Gasteiger charge is 2.65. The number of carbonyl (C=O) groups is 1. The monoisotopic (exact) mass is 344 g/mol. The van der Waals surface area contributed by atoms with Crippen molar-refractivity contribution in [2.24, 2.45) is 21.7 Å². The summed E-state index contributed by atoms with van der Waals surface area (Å²) < 4.78 is 0. The Morgan fingerprint density at radius 1 is 1.04 bits per heavy atom. The van der Waals surface area contributed by atoms with Gasteiger partial charge in [0.2, 0.25) is 0 Å². The smallest absolute Gasteiger partial charge is 0.166 e. The van der Waals surface area contributed by atoms with Gasteiger partial charge in [0.05, 0.1) is 5.41 Å². The summed E-state index contributed by atoms with van der Waals surface area (Å²) in [6, 6.07) is 0. The normalized spacial score (nSPS) is 44.1. The number of hydrogen-bond acceptors (Lipinski definition) is 1. The lowest BCUT2D eigenvalue weighted by Crippen LogP contribution is -2.45. The third-order valence-corrected chi connectivity index (χ3v) is 9.03. The maximum atomic E-state index is 13.1. The molecule has 1 saturated carbocycles. The fourth-order valence-electron chi connectivity index (χ4n) is 7.33. The lowest BCUT2D eigenvalue weighted by Gasteiger charge is -2.53. The lowest BCUT2D eigenvalue weighted by atomic mass is 9.50. The van der Waals surface area contributed by atoms with Crippen LogP contribution in [0.4, 0.5) is 0 Å². The summed E-state index contributed by atoms with van der Waals surface area (Å²) in [5.74, 6) is 0.381. The molecule has 134 valence electrons. The van der Waals surface area contributed by atoms with Crippen LogP contribution in [0.1, 0.15) is 65.7 Å². The molecule has 6 rings (SSSR count). The molecular formula is C25H28O. The van der Waals surface area contributed by atoms with E-state index in [4.69, 9.17) is 0 Å². The van der Waals surface area contributed by atoms with Crippen LogP contribution in [0.25, 0.3) is 0 Å².